The molecular weight excluding hydrogens is 236 g/mol. The van der Waals surface area contributed by atoms with Gasteiger partial charge in [-0.1, -0.05) is 6.42 Å². The van der Waals surface area contributed by atoms with Crippen molar-refractivity contribution in [3.63, 3.8) is 0 Å². The highest BCUT2D eigenvalue weighted by Crippen LogP contribution is 2.11. The second-order valence-electron chi connectivity index (χ2n) is 4.38. The summed E-state index contributed by atoms with van der Waals surface area (Å²) in [6.07, 6.45) is 3.53. The number of aromatic nitrogens is 4. The van der Waals surface area contributed by atoms with Crippen LogP contribution in [-0.2, 0) is 0 Å². The first-order chi connectivity index (χ1) is 8.72. The number of hydrogen-bond donors (Lipinski definition) is 4. The van der Waals surface area contributed by atoms with E-state index < -0.39 is 11.2 Å². The van der Waals surface area contributed by atoms with E-state index in [-0.39, 0.29) is 11.2 Å². The molecule has 8 nitrogen and oxygen atoms in total. The van der Waals surface area contributed by atoms with E-state index in [1.807, 2.05) is 5.01 Å². The lowest BCUT2D eigenvalue weighted by Gasteiger charge is -2.26. The molecule has 1 fully saturated rings. The summed E-state index contributed by atoms with van der Waals surface area (Å²) in [6, 6.07) is 0. The Morgan fingerprint density at radius 2 is 1.83 bits per heavy atom. The van der Waals surface area contributed by atoms with Crippen molar-refractivity contribution in [2.45, 2.75) is 19.3 Å². The molecule has 0 amide bonds. The second-order valence-corrected chi connectivity index (χ2v) is 4.38. The van der Waals surface area contributed by atoms with E-state index in [0.29, 0.717) is 5.95 Å². The van der Waals surface area contributed by atoms with Gasteiger partial charge in [0.05, 0.1) is 0 Å². The third kappa shape index (κ3) is 2.02. The summed E-state index contributed by atoms with van der Waals surface area (Å²) in [4.78, 5) is 34.3. The molecule has 8 heteroatoms. The molecule has 3 rings (SSSR count). The molecule has 1 saturated heterocycles. The van der Waals surface area contributed by atoms with Crippen LogP contribution in [0.25, 0.3) is 11.2 Å². The number of piperidine rings is 1. The Hall–Kier alpha value is -2.09. The topological polar surface area (TPSA) is 110 Å². The Kier molecular flexibility index (Phi) is 2.63. The number of nitrogens with one attached hydrogen (secondary N) is 4. The molecule has 0 aliphatic carbocycles. The van der Waals surface area contributed by atoms with Crippen molar-refractivity contribution in [1.29, 1.82) is 0 Å². The van der Waals surface area contributed by atoms with Crippen molar-refractivity contribution >= 4 is 17.1 Å². The molecule has 0 spiro atoms. The van der Waals surface area contributed by atoms with Crippen LogP contribution in [0.3, 0.4) is 0 Å². The zero-order chi connectivity index (χ0) is 12.5. The van der Waals surface area contributed by atoms with Gasteiger partial charge in [-0.25, -0.2) is 9.80 Å². The van der Waals surface area contributed by atoms with Crippen molar-refractivity contribution in [3.05, 3.63) is 20.8 Å². The van der Waals surface area contributed by atoms with E-state index in [4.69, 9.17) is 0 Å². The molecule has 2 aromatic heterocycles. The molecule has 0 bridgehead atoms. The zero-order valence-corrected chi connectivity index (χ0v) is 9.75. The summed E-state index contributed by atoms with van der Waals surface area (Å²) in [5, 5.41) is 2.05. The molecule has 4 N–H and O–H groups in total. The molecule has 0 saturated carbocycles. The molecule has 0 unspecified atom stereocenters. The Balaban J connectivity index is 1.91. The molecule has 2 aromatic rings. The lowest BCUT2D eigenvalue weighted by Crippen LogP contribution is -2.35. The van der Waals surface area contributed by atoms with Crippen molar-refractivity contribution in [2.24, 2.45) is 0 Å². The van der Waals surface area contributed by atoms with Gasteiger partial charge < -0.3 is 4.98 Å². The molecule has 0 atom stereocenters. The number of hydrogen-bond acceptors (Lipinski definition) is 5. The number of H-pyrrole nitrogens is 3. The van der Waals surface area contributed by atoms with Crippen molar-refractivity contribution < 1.29 is 0 Å². The molecule has 18 heavy (non-hydrogen) atoms. The predicted molar refractivity (Wildman–Crippen MR) is 66.4 cm³/mol. The number of anilines is 1. The standard InChI is InChI=1S/C10H14N6O2/c17-8-6-7(13-10(18)14-8)12-9(11-6)15-16-4-2-1-3-5-16/h1-5H2,(H4,11,12,13,14,15,17,18). The van der Waals surface area contributed by atoms with Gasteiger partial charge in [-0.2, -0.15) is 4.98 Å². The maximum atomic E-state index is 11.5. The van der Waals surface area contributed by atoms with Crippen molar-refractivity contribution in [1.82, 2.24) is 24.9 Å². The lowest BCUT2D eigenvalue weighted by molar-refractivity contribution is 0.271. The van der Waals surface area contributed by atoms with Crippen molar-refractivity contribution in [2.75, 3.05) is 18.5 Å². The average Bonchev–Trinajstić information content (AvgIpc) is 2.73. The number of fused-ring (bicyclic) bond motifs is 1. The number of aromatic amines is 3. The first-order valence-electron chi connectivity index (χ1n) is 5.96. The first-order valence-corrected chi connectivity index (χ1v) is 5.96. The van der Waals surface area contributed by atoms with Gasteiger partial charge in [0, 0.05) is 13.1 Å². The monoisotopic (exact) mass is 250 g/mol. The van der Waals surface area contributed by atoms with Crippen LogP contribution in [0, 0.1) is 0 Å². The van der Waals surface area contributed by atoms with Crippen molar-refractivity contribution in [3.8, 4) is 0 Å². The van der Waals surface area contributed by atoms with E-state index in [2.05, 4.69) is 25.4 Å². The Morgan fingerprint density at radius 1 is 1.06 bits per heavy atom. The minimum absolute atomic E-state index is 0.267. The fraction of sp³-hybridized carbons (Fsp3) is 0.500. The second kappa shape index (κ2) is 4.30. The highest BCUT2D eigenvalue weighted by Gasteiger charge is 2.13. The van der Waals surface area contributed by atoms with E-state index in [9.17, 15) is 9.59 Å². The SMILES string of the molecule is O=c1[nH]c(=O)c2[nH]c(NN3CCCCC3)nc2[nH]1. The van der Waals surface area contributed by atoms with E-state index in [1.165, 1.54) is 6.42 Å². The van der Waals surface area contributed by atoms with Gasteiger partial charge in [0.2, 0.25) is 5.95 Å². The van der Waals surface area contributed by atoms with Gasteiger partial charge >= 0.3 is 5.69 Å². The summed E-state index contributed by atoms with van der Waals surface area (Å²) in [7, 11) is 0. The van der Waals surface area contributed by atoms with Crippen LogP contribution in [0.4, 0.5) is 5.95 Å². The Morgan fingerprint density at radius 3 is 2.61 bits per heavy atom. The quantitative estimate of drug-likeness (QED) is 0.587. The fourth-order valence-corrected chi connectivity index (χ4v) is 2.14. The third-order valence-electron chi connectivity index (χ3n) is 3.01. The average molecular weight is 250 g/mol. The molecule has 0 radical (unpaired) electrons. The fourth-order valence-electron chi connectivity index (χ4n) is 2.14. The summed E-state index contributed by atoms with van der Waals surface area (Å²) in [5.74, 6) is 0.472. The summed E-state index contributed by atoms with van der Waals surface area (Å²) in [6.45, 7) is 1.90. The Bertz CT molecular complexity index is 663. The van der Waals surface area contributed by atoms with E-state index >= 15 is 0 Å². The number of imidazole rings is 1. The van der Waals surface area contributed by atoms with Crippen LogP contribution in [0.1, 0.15) is 19.3 Å². The first kappa shape index (κ1) is 11.0. The van der Waals surface area contributed by atoms with Crippen LogP contribution in [-0.4, -0.2) is 38.0 Å². The Labute approximate surface area is 101 Å². The zero-order valence-electron chi connectivity index (χ0n) is 9.75. The van der Waals surface area contributed by atoms with Crippen LogP contribution in [0.2, 0.25) is 0 Å². The highest BCUT2D eigenvalue weighted by atomic mass is 16.2. The maximum absolute atomic E-state index is 11.5. The van der Waals surface area contributed by atoms with Gasteiger partial charge in [-0.05, 0) is 12.8 Å². The minimum atomic E-state index is -0.552. The predicted octanol–water partition coefficient (Wildman–Crippen LogP) is -0.248. The highest BCUT2D eigenvalue weighted by molar-refractivity contribution is 5.71. The van der Waals surface area contributed by atoms with Gasteiger partial charge in [0.1, 0.15) is 0 Å². The number of nitrogens with zero attached hydrogens (tertiary/aromatic N) is 2. The van der Waals surface area contributed by atoms with Crippen LogP contribution in [0.15, 0.2) is 9.59 Å². The summed E-state index contributed by atoms with van der Waals surface area (Å²) < 4.78 is 0. The third-order valence-corrected chi connectivity index (χ3v) is 3.01. The molecule has 1 aliphatic heterocycles. The molecule has 0 aromatic carbocycles. The van der Waals surface area contributed by atoms with E-state index in [1.54, 1.807) is 0 Å². The van der Waals surface area contributed by atoms with E-state index in [0.717, 1.165) is 25.9 Å². The largest absolute Gasteiger partial charge is 0.327 e. The minimum Gasteiger partial charge on any atom is -0.317 e. The molecule has 96 valence electrons. The molecule has 3 heterocycles. The number of rotatable bonds is 2. The maximum Gasteiger partial charge on any atom is 0.327 e. The lowest BCUT2D eigenvalue weighted by atomic mass is 10.2. The molecule has 1 aliphatic rings. The van der Waals surface area contributed by atoms with Gasteiger partial charge in [0.15, 0.2) is 11.2 Å². The van der Waals surface area contributed by atoms with Gasteiger partial charge in [0.25, 0.3) is 5.56 Å². The smallest absolute Gasteiger partial charge is 0.317 e. The summed E-state index contributed by atoms with van der Waals surface area (Å²) >= 11 is 0. The van der Waals surface area contributed by atoms with Gasteiger partial charge in [-0.15, -0.1) is 0 Å². The van der Waals surface area contributed by atoms with Gasteiger partial charge in [-0.3, -0.25) is 20.2 Å². The van der Waals surface area contributed by atoms with Crippen LogP contribution >= 0.6 is 0 Å². The number of hydrazine groups is 1. The van der Waals surface area contributed by atoms with Crippen LogP contribution in [0.5, 0.6) is 0 Å². The van der Waals surface area contributed by atoms with Crippen LogP contribution < -0.4 is 16.7 Å². The molecular formula is C10H14N6O2. The summed E-state index contributed by atoms with van der Waals surface area (Å²) in [5.41, 5.74) is 2.63. The normalized spacial score (nSPS) is 17.1.